The standard InChI is InChI=1S/C26H37N3O5/c1-16(2)9-10-20-25(4,34-20)23-22(31-5)19(11-12-26(23)15-32-26)33-24(30)29-13-18(14-29)28-21-8-6-7-17(3)27-21/h6-9,18-20,22-23H,10-15H2,1-5H3,(H,27,28)/t19-,20-,22-,23?,25+,26+/m1/s1. The molecule has 1 N–H and O–H groups in total. The van der Waals surface area contributed by atoms with Crippen LogP contribution in [-0.2, 0) is 18.9 Å². The average Bonchev–Trinajstić information content (AvgIpc) is 3.67. The molecule has 5 rings (SSSR count). The number of pyridine rings is 1. The summed E-state index contributed by atoms with van der Waals surface area (Å²) in [5, 5.41) is 3.38. The molecule has 0 radical (unpaired) electrons. The molecule has 8 heteroatoms. The minimum absolute atomic E-state index is 0.0327. The zero-order valence-electron chi connectivity index (χ0n) is 20.9. The molecule has 3 aliphatic heterocycles. The van der Waals surface area contributed by atoms with E-state index in [1.807, 2.05) is 25.1 Å². The fourth-order valence-corrected chi connectivity index (χ4v) is 5.83. The summed E-state index contributed by atoms with van der Waals surface area (Å²) in [7, 11) is 1.70. The Labute approximate surface area is 202 Å². The SMILES string of the molecule is CO[C@H]1C([C@@]2(C)O[C@@H]2CC=C(C)C)[C@]2(CC[C@H]1OC(=O)N1CC(Nc3cccc(C)n3)C1)CO2. The van der Waals surface area contributed by atoms with Crippen LogP contribution in [0.25, 0.3) is 0 Å². The molecule has 4 fully saturated rings. The van der Waals surface area contributed by atoms with Crippen LogP contribution in [0.5, 0.6) is 0 Å². The Morgan fingerprint density at radius 1 is 1.35 bits per heavy atom. The van der Waals surface area contributed by atoms with Crippen molar-refractivity contribution < 1.29 is 23.7 Å². The normalized spacial score (nSPS) is 36.6. The second-order valence-electron chi connectivity index (χ2n) is 10.7. The third-order valence-corrected chi connectivity index (χ3v) is 7.87. The van der Waals surface area contributed by atoms with Crippen LogP contribution in [0.2, 0.25) is 0 Å². The second-order valence-corrected chi connectivity index (χ2v) is 10.7. The first-order chi connectivity index (χ1) is 16.2. The third kappa shape index (κ3) is 4.43. The highest BCUT2D eigenvalue weighted by molar-refractivity contribution is 5.69. The van der Waals surface area contributed by atoms with E-state index in [1.165, 1.54) is 5.57 Å². The number of allylic oxidation sites excluding steroid dienone is 1. The van der Waals surface area contributed by atoms with Gasteiger partial charge in [-0.2, -0.15) is 0 Å². The number of likely N-dealkylation sites (tertiary alicyclic amines) is 1. The van der Waals surface area contributed by atoms with Crippen molar-refractivity contribution in [3.63, 3.8) is 0 Å². The van der Waals surface area contributed by atoms with Crippen molar-refractivity contribution in [2.24, 2.45) is 5.92 Å². The van der Waals surface area contributed by atoms with Gasteiger partial charge in [0.1, 0.15) is 29.2 Å². The van der Waals surface area contributed by atoms with Crippen molar-refractivity contribution >= 4 is 11.9 Å². The molecule has 1 amide bonds. The van der Waals surface area contributed by atoms with E-state index in [0.717, 1.165) is 37.4 Å². The van der Waals surface area contributed by atoms with E-state index in [0.29, 0.717) is 13.1 Å². The molecule has 0 bridgehead atoms. The van der Waals surface area contributed by atoms with Gasteiger partial charge in [0.25, 0.3) is 0 Å². The number of ether oxygens (including phenoxy) is 4. The van der Waals surface area contributed by atoms with E-state index >= 15 is 0 Å². The van der Waals surface area contributed by atoms with Crippen molar-refractivity contribution in [2.45, 2.75) is 82.5 Å². The maximum atomic E-state index is 12.9. The summed E-state index contributed by atoms with van der Waals surface area (Å²) in [6, 6.07) is 6.06. The smallest absolute Gasteiger partial charge is 0.410 e. The Bertz CT molecular complexity index is 954. The number of anilines is 1. The zero-order chi connectivity index (χ0) is 24.1. The van der Waals surface area contributed by atoms with Gasteiger partial charge >= 0.3 is 6.09 Å². The number of carbonyl (C=O) groups excluding carboxylic acids is 1. The number of amides is 1. The molecule has 1 unspecified atom stereocenters. The van der Waals surface area contributed by atoms with E-state index in [9.17, 15) is 4.79 Å². The number of epoxide rings is 2. The maximum Gasteiger partial charge on any atom is 0.410 e. The van der Waals surface area contributed by atoms with Crippen molar-refractivity contribution in [1.29, 1.82) is 0 Å². The fraction of sp³-hybridized carbons (Fsp3) is 0.692. The number of nitrogens with zero attached hydrogens (tertiary/aromatic N) is 2. The minimum atomic E-state index is -0.333. The Balaban J connectivity index is 1.19. The number of aryl methyl sites for hydroxylation is 1. The van der Waals surface area contributed by atoms with Crippen LogP contribution in [0.1, 0.15) is 45.7 Å². The molecule has 1 aromatic heterocycles. The highest BCUT2D eigenvalue weighted by Gasteiger charge is 2.72. The van der Waals surface area contributed by atoms with Gasteiger partial charge in [-0.15, -0.1) is 0 Å². The molecule has 3 saturated heterocycles. The number of hydrogen-bond donors (Lipinski definition) is 1. The van der Waals surface area contributed by atoms with Gasteiger partial charge in [-0.1, -0.05) is 17.7 Å². The van der Waals surface area contributed by atoms with E-state index < -0.39 is 0 Å². The van der Waals surface area contributed by atoms with Gasteiger partial charge in [-0.05, 0) is 59.1 Å². The van der Waals surface area contributed by atoms with Crippen LogP contribution in [-0.4, -0.2) is 78.3 Å². The van der Waals surface area contributed by atoms with Crippen LogP contribution in [0, 0.1) is 12.8 Å². The van der Waals surface area contributed by atoms with Gasteiger partial charge in [-0.3, -0.25) is 0 Å². The molecule has 1 aliphatic carbocycles. The summed E-state index contributed by atoms with van der Waals surface area (Å²) in [4.78, 5) is 19.1. The molecular formula is C26H37N3O5. The lowest BCUT2D eigenvalue weighted by Crippen LogP contribution is -2.60. The maximum absolute atomic E-state index is 12.9. The lowest BCUT2D eigenvalue weighted by Gasteiger charge is -2.44. The van der Waals surface area contributed by atoms with Gasteiger partial charge in [-0.25, -0.2) is 9.78 Å². The molecule has 186 valence electrons. The molecule has 8 nitrogen and oxygen atoms in total. The van der Waals surface area contributed by atoms with Crippen molar-refractivity contribution in [3.05, 3.63) is 35.5 Å². The lowest BCUT2D eigenvalue weighted by molar-refractivity contribution is -0.123. The first kappa shape index (κ1) is 23.6. The predicted molar refractivity (Wildman–Crippen MR) is 128 cm³/mol. The fourth-order valence-electron chi connectivity index (χ4n) is 5.83. The van der Waals surface area contributed by atoms with Crippen molar-refractivity contribution in [2.75, 3.05) is 32.1 Å². The number of aromatic nitrogens is 1. The largest absolute Gasteiger partial charge is 0.443 e. The highest BCUT2D eigenvalue weighted by atomic mass is 16.6. The molecular weight excluding hydrogens is 434 g/mol. The topological polar surface area (TPSA) is 88.8 Å². The molecule has 6 atom stereocenters. The van der Waals surface area contributed by atoms with Crippen LogP contribution >= 0.6 is 0 Å². The lowest BCUT2D eigenvalue weighted by atomic mass is 9.68. The first-order valence-electron chi connectivity index (χ1n) is 12.4. The van der Waals surface area contributed by atoms with Crippen LogP contribution in [0.4, 0.5) is 10.6 Å². The quantitative estimate of drug-likeness (QED) is 0.479. The third-order valence-electron chi connectivity index (χ3n) is 7.87. The molecule has 34 heavy (non-hydrogen) atoms. The van der Waals surface area contributed by atoms with E-state index in [1.54, 1.807) is 12.0 Å². The molecule has 1 saturated carbocycles. The monoisotopic (exact) mass is 471 g/mol. The van der Waals surface area contributed by atoms with E-state index in [-0.39, 0.29) is 47.6 Å². The molecule has 4 aliphatic rings. The van der Waals surface area contributed by atoms with Crippen LogP contribution < -0.4 is 5.32 Å². The van der Waals surface area contributed by atoms with Crippen molar-refractivity contribution in [3.8, 4) is 0 Å². The van der Waals surface area contributed by atoms with Gasteiger partial charge in [0, 0.05) is 25.9 Å². The summed E-state index contributed by atoms with van der Waals surface area (Å²) in [6.07, 6.45) is 3.98. The van der Waals surface area contributed by atoms with E-state index in [2.05, 4.69) is 37.1 Å². The average molecular weight is 472 g/mol. The second kappa shape index (κ2) is 8.81. The molecule has 1 aromatic rings. The number of carbonyl (C=O) groups is 1. The van der Waals surface area contributed by atoms with Gasteiger partial charge in [0.2, 0.25) is 0 Å². The Morgan fingerprint density at radius 3 is 2.76 bits per heavy atom. The number of hydrogen-bond acceptors (Lipinski definition) is 7. The summed E-state index contributed by atoms with van der Waals surface area (Å²) in [5.41, 5.74) is 1.70. The van der Waals surface area contributed by atoms with Crippen LogP contribution in [0.3, 0.4) is 0 Å². The van der Waals surface area contributed by atoms with Crippen molar-refractivity contribution in [1.82, 2.24) is 9.88 Å². The van der Waals surface area contributed by atoms with Gasteiger partial charge in [0.05, 0.1) is 24.7 Å². The first-order valence-corrected chi connectivity index (χ1v) is 12.4. The van der Waals surface area contributed by atoms with Crippen LogP contribution in [0.15, 0.2) is 29.8 Å². The van der Waals surface area contributed by atoms with Gasteiger partial charge < -0.3 is 29.2 Å². The summed E-state index contributed by atoms with van der Waals surface area (Å²) < 4.78 is 24.2. The number of methoxy groups -OCH3 is 1. The Morgan fingerprint density at radius 2 is 2.12 bits per heavy atom. The molecule has 4 heterocycles. The highest BCUT2D eigenvalue weighted by Crippen LogP contribution is 2.59. The number of nitrogens with one attached hydrogen (secondary N) is 1. The molecule has 1 spiro atoms. The zero-order valence-corrected chi connectivity index (χ0v) is 20.9. The number of rotatable bonds is 7. The summed E-state index contributed by atoms with van der Waals surface area (Å²) >= 11 is 0. The predicted octanol–water partition coefficient (Wildman–Crippen LogP) is 3.70. The summed E-state index contributed by atoms with van der Waals surface area (Å²) in [6.45, 7) is 10.2. The minimum Gasteiger partial charge on any atom is -0.443 e. The molecule has 0 aromatic carbocycles. The Hall–Kier alpha value is -2.16. The Kier molecular flexibility index (Phi) is 6.11. The van der Waals surface area contributed by atoms with E-state index in [4.69, 9.17) is 18.9 Å². The summed E-state index contributed by atoms with van der Waals surface area (Å²) in [5.74, 6) is 0.868. The van der Waals surface area contributed by atoms with Gasteiger partial charge in [0.15, 0.2) is 0 Å².